The van der Waals surface area contributed by atoms with Crippen molar-refractivity contribution in [3.8, 4) is 0 Å². The van der Waals surface area contributed by atoms with E-state index in [0.717, 1.165) is 0 Å². The van der Waals surface area contributed by atoms with Gasteiger partial charge in [-0.2, -0.15) is 0 Å². The third-order valence-corrected chi connectivity index (χ3v) is 6.73. The van der Waals surface area contributed by atoms with Crippen molar-refractivity contribution >= 4 is 15.7 Å². The Kier molecular flexibility index (Phi) is 5.32. The summed E-state index contributed by atoms with van der Waals surface area (Å²) in [6.07, 6.45) is -0.507. The van der Waals surface area contributed by atoms with Crippen molar-refractivity contribution in [2.24, 2.45) is 0 Å². The van der Waals surface area contributed by atoms with Crippen LogP contribution in [0.25, 0.3) is 0 Å². The molecule has 2 aliphatic heterocycles. The number of carbonyl (C=O) groups is 1. The average Bonchev–Trinajstić information content (AvgIpc) is 2.87. The van der Waals surface area contributed by atoms with Gasteiger partial charge in [-0.05, 0) is 12.1 Å². The zero-order valence-electron chi connectivity index (χ0n) is 14.2. The predicted octanol–water partition coefficient (Wildman–Crippen LogP) is 0.763. The zero-order chi connectivity index (χ0) is 18.9. The number of aliphatic hydroxyl groups is 1. The van der Waals surface area contributed by atoms with E-state index in [1.807, 2.05) is 0 Å². The van der Waals surface area contributed by atoms with Crippen LogP contribution in [0.15, 0.2) is 35.2 Å². The van der Waals surface area contributed by atoms with Gasteiger partial charge in [0.15, 0.2) is 9.84 Å². The van der Waals surface area contributed by atoms with Gasteiger partial charge in [0.1, 0.15) is 0 Å². The Morgan fingerprint density at radius 1 is 1.23 bits per heavy atom. The Morgan fingerprint density at radius 2 is 1.88 bits per heavy atom. The number of sulfone groups is 1. The number of likely N-dealkylation sites (tertiary alicyclic amines) is 2. The van der Waals surface area contributed by atoms with E-state index in [1.165, 1.54) is 17.0 Å². The lowest BCUT2D eigenvalue weighted by molar-refractivity contribution is -0.139. The Bertz CT molecular complexity index is 751. The molecule has 144 valence electrons. The van der Waals surface area contributed by atoms with Gasteiger partial charge in [-0.3, -0.25) is 9.69 Å². The molecule has 2 fully saturated rings. The minimum absolute atomic E-state index is 0.135. The first-order valence-corrected chi connectivity index (χ1v) is 10.2. The molecule has 2 aliphatic rings. The molecule has 0 bridgehead atoms. The van der Waals surface area contributed by atoms with E-state index in [9.17, 15) is 27.1 Å². The molecule has 26 heavy (non-hydrogen) atoms. The molecule has 0 saturated carbocycles. The van der Waals surface area contributed by atoms with Gasteiger partial charge in [0.25, 0.3) is 5.92 Å². The van der Waals surface area contributed by atoms with E-state index in [0.29, 0.717) is 0 Å². The quantitative estimate of drug-likeness (QED) is 0.779. The van der Waals surface area contributed by atoms with Crippen LogP contribution in [0.1, 0.15) is 12.8 Å². The molecule has 0 aromatic heterocycles. The Morgan fingerprint density at radius 3 is 2.50 bits per heavy atom. The lowest BCUT2D eigenvalue weighted by Gasteiger charge is -2.45. The highest BCUT2D eigenvalue weighted by Gasteiger charge is 2.49. The summed E-state index contributed by atoms with van der Waals surface area (Å²) in [4.78, 5) is 15.4. The maximum absolute atomic E-state index is 13.5. The SMILES string of the molecule is O=C(CCS(=O)(=O)c1ccccc1)N1CC(N2CC(F)(F)C[C@H]2CO)C1. The van der Waals surface area contributed by atoms with Crippen LogP contribution in [0.2, 0.25) is 0 Å². The molecule has 0 spiro atoms. The Balaban J connectivity index is 1.50. The molecule has 3 rings (SSSR count). The second-order valence-electron chi connectivity index (χ2n) is 6.90. The van der Waals surface area contributed by atoms with Crippen LogP contribution in [0, 0.1) is 0 Å². The van der Waals surface area contributed by atoms with Gasteiger partial charge in [0, 0.05) is 38.0 Å². The molecule has 1 aromatic carbocycles. The molecular formula is C17H22F2N2O4S. The Labute approximate surface area is 151 Å². The van der Waals surface area contributed by atoms with E-state index < -0.39 is 28.3 Å². The first-order valence-electron chi connectivity index (χ1n) is 8.52. The topological polar surface area (TPSA) is 77.9 Å². The number of aliphatic hydroxyl groups excluding tert-OH is 1. The average molecular weight is 388 g/mol. The number of hydrogen-bond donors (Lipinski definition) is 1. The fourth-order valence-corrected chi connectivity index (χ4v) is 4.76. The molecule has 1 aromatic rings. The monoisotopic (exact) mass is 388 g/mol. The first-order chi connectivity index (χ1) is 12.2. The Hall–Kier alpha value is -1.58. The van der Waals surface area contributed by atoms with Gasteiger partial charge in [-0.15, -0.1) is 0 Å². The molecule has 0 radical (unpaired) electrons. The maximum Gasteiger partial charge on any atom is 0.262 e. The lowest BCUT2D eigenvalue weighted by Crippen LogP contribution is -2.62. The summed E-state index contributed by atoms with van der Waals surface area (Å²) in [6, 6.07) is 7.13. The van der Waals surface area contributed by atoms with E-state index in [-0.39, 0.29) is 55.1 Å². The van der Waals surface area contributed by atoms with Crippen LogP contribution in [-0.2, 0) is 14.6 Å². The summed E-state index contributed by atoms with van der Waals surface area (Å²) in [5.74, 6) is -3.40. The van der Waals surface area contributed by atoms with Crippen LogP contribution < -0.4 is 0 Å². The van der Waals surface area contributed by atoms with E-state index in [4.69, 9.17) is 0 Å². The molecule has 2 saturated heterocycles. The second-order valence-corrected chi connectivity index (χ2v) is 9.01. The van der Waals surface area contributed by atoms with Crippen molar-refractivity contribution in [3.05, 3.63) is 30.3 Å². The van der Waals surface area contributed by atoms with Gasteiger partial charge < -0.3 is 10.0 Å². The number of halogens is 2. The number of nitrogens with zero attached hydrogens (tertiary/aromatic N) is 2. The standard InChI is InChI=1S/C17H22F2N2O4S/c18-17(19)8-13(11-22)21(12-17)14-9-20(10-14)16(23)6-7-26(24,25)15-4-2-1-3-5-15/h1-5,13-14,22H,6-12H2/t13-/m0/s1. The second kappa shape index (κ2) is 7.21. The van der Waals surface area contributed by atoms with E-state index >= 15 is 0 Å². The minimum atomic E-state index is -3.52. The largest absolute Gasteiger partial charge is 0.395 e. The number of rotatable bonds is 6. The van der Waals surface area contributed by atoms with Gasteiger partial charge in [-0.25, -0.2) is 17.2 Å². The zero-order valence-corrected chi connectivity index (χ0v) is 15.0. The summed E-state index contributed by atoms with van der Waals surface area (Å²) in [5, 5.41) is 9.27. The van der Waals surface area contributed by atoms with Crippen LogP contribution >= 0.6 is 0 Å². The minimum Gasteiger partial charge on any atom is -0.395 e. The van der Waals surface area contributed by atoms with Crippen molar-refractivity contribution in [1.82, 2.24) is 9.80 Å². The molecule has 6 nitrogen and oxygen atoms in total. The number of hydrogen-bond acceptors (Lipinski definition) is 5. The van der Waals surface area contributed by atoms with Crippen molar-refractivity contribution in [1.29, 1.82) is 0 Å². The number of benzene rings is 1. The summed E-state index contributed by atoms with van der Waals surface area (Å²) < 4.78 is 51.4. The third-order valence-electron chi connectivity index (χ3n) is 5.00. The fourth-order valence-electron chi connectivity index (χ4n) is 3.51. The molecule has 2 heterocycles. The molecule has 0 unspecified atom stereocenters. The molecule has 1 atom stereocenters. The highest BCUT2D eigenvalue weighted by molar-refractivity contribution is 7.91. The van der Waals surface area contributed by atoms with Crippen LogP contribution in [0.3, 0.4) is 0 Å². The summed E-state index contributed by atoms with van der Waals surface area (Å²) in [5.41, 5.74) is 0. The summed E-state index contributed by atoms with van der Waals surface area (Å²) >= 11 is 0. The van der Waals surface area contributed by atoms with E-state index in [1.54, 1.807) is 23.1 Å². The normalized spacial score (nSPS) is 23.8. The highest BCUT2D eigenvalue weighted by atomic mass is 32.2. The van der Waals surface area contributed by atoms with Gasteiger partial charge >= 0.3 is 0 Å². The molecular weight excluding hydrogens is 366 g/mol. The number of alkyl halides is 2. The van der Waals surface area contributed by atoms with Crippen LogP contribution in [0.4, 0.5) is 8.78 Å². The molecule has 1 N–H and O–H groups in total. The molecule has 1 amide bonds. The van der Waals surface area contributed by atoms with E-state index in [2.05, 4.69) is 0 Å². The fraction of sp³-hybridized carbons (Fsp3) is 0.588. The third kappa shape index (κ3) is 4.05. The van der Waals surface area contributed by atoms with Crippen molar-refractivity contribution in [2.75, 3.05) is 32.0 Å². The summed E-state index contributed by atoms with van der Waals surface area (Å²) in [7, 11) is -3.52. The smallest absolute Gasteiger partial charge is 0.262 e. The van der Waals surface area contributed by atoms with Gasteiger partial charge in [0.05, 0.1) is 23.8 Å². The van der Waals surface area contributed by atoms with Crippen LogP contribution in [-0.4, -0.2) is 79.2 Å². The maximum atomic E-state index is 13.5. The van der Waals surface area contributed by atoms with Gasteiger partial charge in [-0.1, -0.05) is 18.2 Å². The van der Waals surface area contributed by atoms with Crippen molar-refractivity contribution in [2.45, 2.75) is 35.7 Å². The number of amides is 1. The molecule has 9 heteroatoms. The van der Waals surface area contributed by atoms with Crippen molar-refractivity contribution < 1.29 is 27.1 Å². The van der Waals surface area contributed by atoms with Crippen molar-refractivity contribution in [3.63, 3.8) is 0 Å². The lowest BCUT2D eigenvalue weighted by atomic mass is 10.1. The first kappa shape index (κ1) is 19.2. The summed E-state index contributed by atoms with van der Waals surface area (Å²) in [6.45, 7) is -0.170. The van der Waals surface area contributed by atoms with Gasteiger partial charge in [0.2, 0.25) is 5.91 Å². The van der Waals surface area contributed by atoms with Crippen LogP contribution in [0.5, 0.6) is 0 Å². The number of carbonyl (C=O) groups excluding carboxylic acids is 1. The molecule has 0 aliphatic carbocycles. The predicted molar refractivity (Wildman–Crippen MR) is 90.6 cm³/mol. The highest BCUT2D eigenvalue weighted by Crippen LogP contribution is 2.35.